The van der Waals surface area contributed by atoms with E-state index in [9.17, 15) is 14.9 Å². The van der Waals surface area contributed by atoms with Crippen LogP contribution in [0.4, 0.5) is 21.9 Å². The molecule has 1 aromatic rings. The number of nitrogens with one attached hydrogen (secondary N) is 1. The van der Waals surface area contributed by atoms with Gasteiger partial charge >= 0.3 is 6.09 Å². The molecule has 0 unspecified atom stereocenters. The third kappa shape index (κ3) is 3.63. The topological polar surface area (TPSA) is 107 Å². The summed E-state index contributed by atoms with van der Waals surface area (Å²) in [7, 11) is 0. The fraction of sp³-hybridized carbons (Fsp3) is 0.300. The lowest BCUT2D eigenvalue weighted by molar-refractivity contribution is -0.383. The van der Waals surface area contributed by atoms with Gasteiger partial charge in [-0.2, -0.15) is 0 Å². The van der Waals surface area contributed by atoms with Gasteiger partial charge in [-0.15, -0.1) is 0 Å². The molecular formula is C10H13N3O4. The van der Waals surface area contributed by atoms with Crippen molar-refractivity contribution in [2.24, 2.45) is 0 Å². The molecule has 0 aliphatic heterocycles. The maximum absolute atomic E-state index is 11.2. The van der Waals surface area contributed by atoms with Gasteiger partial charge < -0.3 is 10.5 Å². The Balaban J connectivity index is 2.77. The van der Waals surface area contributed by atoms with E-state index >= 15 is 0 Å². The number of nitrogen functional groups attached to an aromatic ring is 1. The van der Waals surface area contributed by atoms with Gasteiger partial charge in [0, 0.05) is 11.8 Å². The second-order valence-corrected chi connectivity index (χ2v) is 3.61. The molecule has 0 fully saturated rings. The fourth-order valence-electron chi connectivity index (χ4n) is 1.16. The number of amides is 1. The van der Waals surface area contributed by atoms with Crippen LogP contribution in [0.3, 0.4) is 0 Å². The van der Waals surface area contributed by atoms with Gasteiger partial charge in [0.1, 0.15) is 5.69 Å². The fourth-order valence-corrected chi connectivity index (χ4v) is 1.16. The molecule has 0 bridgehead atoms. The molecule has 17 heavy (non-hydrogen) atoms. The molecule has 3 N–H and O–H groups in total. The van der Waals surface area contributed by atoms with Crippen LogP contribution in [0.1, 0.15) is 13.8 Å². The van der Waals surface area contributed by atoms with Crippen molar-refractivity contribution < 1.29 is 14.5 Å². The standard InChI is InChI=1S/C10H13N3O4/c1-6(2)17-10(14)12-7-3-4-9(13(15)16)8(11)5-7/h3-6H,11H2,1-2H3,(H,12,14). The Morgan fingerprint density at radius 2 is 2.18 bits per heavy atom. The number of nitrogens with zero attached hydrogens (tertiary/aromatic N) is 1. The predicted octanol–water partition coefficient (Wildman–Crippen LogP) is 2.13. The van der Waals surface area contributed by atoms with E-state index in [2.05, 4.69) is 5.32 Å². The number of nitro groups is 1. The summed E-state index contributed by atoms with van der Waals surface area (Å²) in [5, 5.41) is 12.9. The highest BCUT2D eigenvalue weighted by molar-refractivity contribution is 5.86. The highest BCUT2D eigenvalue weighted by Crippen LogP contribution is 2.24. The second-order valence-electron chi connectivity index (χ2n) is 3.61. The highest BCUT2D eigenvalue weighted by Gasteiger charge is 2.12. The summed E-state index contributed by atoms with van der Waals surface area (Å²) < 4.78 is 4.85. The molecule has 0 heterocycles. The SMILES string of the molecule is CC(C)OC(=O)Nc1ccc([N+](=O)[O-])c(N)c1. The molecule has 0 aromatic heterocycles. The van der Waals surface area contributed by atoms with E-state index in [-0.39, 0.29) is 17.5 Å². The van der Waals surface area contributed by atoms with Crippen LogP contribution in [0.15, 0.2) is 18.2 Å². The van der Waals surface area contributed by atoms with Gasteiger partial charge in [-0.1, -0.05) is 0 Å². The maximum Gasteiger partial charge on any atom is 0.411 e. The third-order valence-electron chi connectivity index (χ3n) is 1.81. The Hall–Kier alpha value is -2.31. The maximum atomic E-state index is 11.2. The van der Waals surface area contributed by atoms with Gasteiger partial charge in [0.25, 0.3) is 5.69 Å². The van der Waals surface area contributed by atoms with Gasteiger partial charge in [0.05, 0.1) is 11.0 Å². The molecule has 1 aromatic carbocycles. The molecule has 0 aliphatic carbocycles. The minimum absolute atomic E-state index is 0.0163. The first kappa shape index (κ1) is 12.8. The first-order valence-corrected chi connectivity index (χ1v) is 4.91. The summed E-state index contributed by atoms with van der Waals surface area (Å²) in [5.41, 5.74) is 5.59. The largest absolute Gasteiger partial charge is 0.447 e. The number of nitro benzene ring substituents is 1. The first-order valence-electron chi connectivity index (χ1n) is 4.91. The molecular weight excluding hydrogens is 226 g/mol. The molecule has 1 amide bonds. The van der Waals surface area contributed by atoms with E-state index in [1.54, 1.807) is 13.8 Å². The van der Waals surface area contributed by atoms with E-state index in [0.717, 1.165) is 0 Å². The summed E-state index contributed by atoms with van der Waals surface area (Å²) in [6, 6.07) is 3.91. The number of hydrogen-bond acceptors (Lipinski definition) is 5. The minimum atomic E-state index is -0.631. The van der Waals surface area contributed by atoms with Crippen LogP contribution in [0, 0.1) is 10.1 Å². The molecule has 0 saturated carbocycles. The summed E-state index contributed by atoms with van der Waals surface area (Å²) in [5.74, 6) is 0. The Morgan fingerprint density at radius 3 is 2.65 bits per heavy atom. The Morgan fingerprint density at radius 1 is 1.53 bits per heavy atom. The normalized spacial score (nSPS) is 10.1. The average Bonchev–Trinajstić information content (AvgIpc) is 2.15. The summed E-state index contributed by atoms with van der Waals surface area (Å²) in [6.45, 7) is 3.42. The highest BCUT2D eigenvalue weighted by atomic mass is 16.6. The predicted molar refractivity (Wildman–Crippen MR) is 62.7 cm³/mol. The summed E-state index contributed by atoms with van der Waals surface area (Å²) in [4.78, 5) is 21.2. The molecule has 1 rings (SSSR count). The van der Waals surface area contributed by atoms with E-state index in [0.29, 0.717) is 5.69 Å². The molecule has 7 nitrogen and oxygen atoms in total. The lowest BCUT2D eigenvalue weighted by Gasteiger charge is -2.09. The van der Waals surface area contributed by atoms with Crippen molar-refractivity contribution in [1.82, 2.24) is 0 Å². The molecule has 0 spiro atoms. The van der Waals surface area contributed by atoms with Crippen LogP contribution in [0.2, 0.25) is 0 Å². The van der Waals surface area contributed by atoms with E-state index in [1.165, 1.54) is 18.2 Å². The van der Waals surface area contributed by atoms with Crippen LogP contribution in [0.5, 0.6) is 0 Å². The molecule has 92 valence electrons. The Kier molecular flexibility index (Phi) is 3.86. The molecule has 7 heteroatoms. The van der Waals surface area contributed by atoms with Crippen LogP contribution >= 0.6 is 0 Å². The van der Waals surface area contributed by atoms with Gasteiger partial charge in [-0.25, -0.2) is 4.79 Å². The van der Waals surface area contributed by atoms with Crippen LogP contribution in [0.25, 0.3) is 0 Å². The minimum Gasteiger partial charge on any atom is -0.447 e. The zero-order valence-electron chi connectivity index (χ0n) is 9.47. The van der Waals surface area contributed by atoms with Gasteiger partial charge in [-0.3, -0.25) is 15.4 Å². The van der Waals surface area contributed by atoms with Gasteiger partial charge in [-0.05, 0) is 26.0 Å². The Labute approximate surface area is 97.7 Å². The smallest absolute Gasteiger partial charge is 0.411 e. The Bertz CT molecular complexity index is 445. The number of ether oxygens (including phenoxy) is 1. The third-order valence-corrected chi connectivity index (χ3v) is 1.81. The summed E-state index contributed by atoms with van der Waals surface area (Å²) in [6.07, 6.45) is -0.876. The van der Waals surface area contributed by atoms with Crippen LogP contribution in [-0.2, 0) is 4.74 Å². The summed E-state index contributed by atoms with van der Waals surface area (Å²) >= 11 is 0. The molecule has 0 aliphatic rings. The van der Waals surface area contributed by atoms with Crippen LogP contribution in [-0.4, -0.2) is 17.1 Å². The molecule has 0 atom stereocenters. The van der Waals surface area contributed by atoms with E-state index < -0.39 is 11.0 Å². The number of hydrogen-bond donors (Lipinski definition) is 2. The van der Waals surface area contributed by atoms with Crippen LogP contribution < -0.4 is 11.1 Å². The second kappa shape index (κ2) is 5.15. The lowest BCUT2D eigenvalue weighted by Crippen LogP contribution is -2.18. The number of carbonyl (C=O) groups is 1. The van der Waals surface area contributed by atoms with Crippen molar-refractivity contribution in [2.45, 2.75) is 20.0 Å². The number of nitrogens with two attached hydrogens (primary N) is 1. The van der Waals surface area contributed by atoms with E-state index in [1.807, 2.05) is 0 Å². The van der Waals surface area contributed by atoms with Gasteiger partial charge in [0.2, 0.25) is 0 Å². The zero-order valence-corrected chi connectivity index (χ0v) is 9.47. The monoisotopic (exact) mass is 239 g/mol. The zero-order chi connectivity index (χ0) is 13.0. The van der Waals surface area contributed by atoms with Crippen molar-refractivity contribution in [3.05, 3.63) is 28.3 Å². The lowest BCUT2D eigenvalue weighted by atomic mass is 10.2. The average molecular weight is 239 g/mol. The van der Waals surface area contributed by atoms with Crippen molar-refractivity contribution >= 4 is 23.2 Å². The first-order chi connectivity index (χ1) is 7.90. The van der Waals surface area contributed by atoms with Gasteiger partial charge in [0.15, 0.2) is 0 Å². The van der Waals surface area contributed by atoms with E-state index in [4.69, 9.17) is 10.5 Å². The van der Waals surface area contributed by atoms with Crippen molar-refractivity contribution in [3.8, 4) is 0 Å². The number of anilines is 2. The van der Waals surface area contributed by atoms with Crippen molar-refractivity contribution in [2.75, 3.05) is 11.1 Å². The quantitative estimate of drug-likeness (QED) is 0.477. The number of carbonyl (C=O) groups excluding carboxylic acids is 1. The number of benzene rings is 1. The molecule has 0 saturated heterocycles. The number of rotatable bonds is 3. The molecule has 0 radical (unpaired) electrons. The van der Waals surface area contributed by atoms with Crippen molar-refractivity contribution in [3.63, 3.8) is 0 Å². The van der Waals surface area contributed by atoms with Crippen molar-refractivity contribution in [1.29, 1.82) is 0 Å².